The second-order valence-electron chi connectivity index (χ2n) is 6.96. The fourth-order valence-corrected chi connectivity index (χ4v) is 4.95. The van der Waals surface area contributed by atoms with Crippen molar-refractivity contribution < 1.29 is 27.4 Å². The van der Waals surface area contributed by atoms with Crippen molar-refractivity contribution in [2.75, 3.05) is 51.8 Å². The number of carbonyl (C=O) groups excluding carboxylic acids is 1. The number of amides is 1. The van der Waals surface area contributed by atoms with Gasteiger partial charge in [0.2, 0.25) is 15.8 Å². The van der Waals surface area contributed by atoms with E-state index in [2.05, 4.69) is 0 Å². The molecule has 0 saturated carbocycles. The molecule has 1 aliphatic rings. The van der Waals surface area contributed by atoms with Crippen molar-refractivity contribution in [3.63, 3.8) is 0 Å². The van der Waals surface area contributed by atoms with Crippen molar-refractivity contribution >= 4 is 15.9 Å². The molecule has 0 N–H and O–H groups in total. The van der Waals surface area contributed by atoms with Gasteiger partial charge in [-0.2, -0.15) is 4.31 Å². The standard InChI is InChI=1S/C21H34N2O6S/c1-5-9-14-30(25,26)23-12-10-22(11-13-23)21(24)17-15-18(27-6-2)20(29-8-4)19(16-17)28-7-3/h15-16H,5-14H2,1-4H3. The average Bonchev–Trinajstić information content (AvgIpc) is 2.74. The van der Waals surface area contributed by atoms with E-state index in [1.165, 1.54) is 4.31 Å². The minimum atomic E-state index is -3.26. The van der Waals surface area contributed by atoms with Crippen molar-refractivity contribution in [3.05, 3.63) is 17.7 Å². The zero-order valence-electron chi connectivity index (χ0n) is 18.5. The summed E-state index contributed by atoms with van der Waals surface area (Å²) in [5.74, 6) is 1.41. The van der Waals surface area contributed by atoms with Gasteiger partial charge in [-0.1, -0.05) is 13.3 Å². The van der Waals surface area contributed by atoms with Crippen LogP contribution in [0, 0.1) is 0 Å². The van der Waals surface area contributed by atoms with Gasteiger partial charge in [0.05, 0.1) is 25.6 Å². The third-order valence-electron chi connectivity index (χ3n) is 4.83. The van der Waals surface area contributed by atoms with Gasteiger partial charge in [0.1, 0.15) is 0 Å². The lowest BCUT2D eigenvalue weighted by molar-refractivity contribution is 0.0696. The molecule has 1 fully saturated rings. The van der Waals surface area contributed by atoms with Crippen LogP contribution in [0.1, 0.15) is 50.9 Å². The van der Waals surface area contributed by atoms with Gasteiger partial charge in [-0.3, -0.25) is 4.79 Å². The normalized spacial score (nSPS) is 15.1. The summed E-state index contributed by atoms with van der Waals surface area (Å²) in [4.78, 5) is 14.8. The van der Waals surface area contributed by atoms with E-state index in [9.17, 15) is 13.2 Å². The molecule has 30 heavy (non-hydrogen) atoms. The maximum absolute atomic E-state index is 13.1. The van der Waals surface area contributed by atoms with Crippen molar-refractivity contribution in [2.24, 2.45) is 0 Å². The molecular formula is C21H34N2O6S. The summed E-state index contributed by atoms with van der Waals surface area (Å²) in [7, 11) is -3.26. The predicted octanol–water partition coefficient (Wildman–Crippen LogP) is 2.77. The highest BCUT2D eigenvalue weighted by molar-refractivity contribution is 7.89. The Kier molecular flexibility index (Phi) is 9.23. The third kappa shape index (κ3) is 6.01. The van der Waals surface area contributed by atoms with Crippen LogP contribution in [-0.4, -0.2) is 75.3 Å². The number of nitrogens with zero attached hydrogens (tertiary/aromatic N) is 2. The number of ether oxygens (including phenoxy) is 3. The van der Waals surface area contributed by atoms with Crippen molar-refractivity contribution in [1.29, 1.82) is 0 Å². The molecular weight excluding hydrogens is 408 g/mol. The Morgan fingerprint density at radius 1 is 0.900 bits per heavy atom. The van der Waals surface area contributed by atoms with Gasteiger partial charge >= 0.3 is 0 Å². The Labute approximate surface area is 180 Å². The first kappa shape index (κ1) is 24.3. The van der Waals surface area contributed by atoms with Crippen LogP contribution in [0.4, 0.5) is 0 Å². The van der Waals surface area contributed by atoms with E-state index in [1.807, 2.05) is 27.7 Å². The highest BCUT2D eigenvalue weighted by Crippen LogP contribution is 2.39. The minimum Gasteiger partial charge on any atom is -0.490 e. The number of sulfonamides is 1. The Morgan fingerprint density at radius 3 is 1.90 bits per heavy atom. The summed E-state index contributed by atoms with van der Waals surface area (Å²) in [6, 6.07) is 3.34. The van der Waals surface area contributed by atoms with Gasteiger partial charge in [-0.15, -0.1) is 0 Å². The smallest absolute Gasteiger partial charge is 0.254 e. The maximum atomic E-state index is 13.1. The molecule has 0 aromatic heterocycles. The van der Waals surface area contributed by atoms with Gasteiger partial charge in [-0.25, -0.2) is 8.42 Å². The summed E-state index contributed by atoms with van der Waals surface area (Å²) >= 11 is 0. The topological polar surface area (TPSA) is 85.4 Å². The van der Waals surface area contributed by atoms with Crippen LogP contribution in [0.5, 0.6) is 17.2 Å². The lowest BCUT2D eigenvalue weighted by Gasteiger charge is -2.34. The number of unbranched alkanes of at least 4 members (excludes halogenated alkanes) is 1. The molecule has 170 valence electrons. The Hall–Kier alpha value is -2.00. The fraction of sp³-hybridized carbons (Fsp3) is 0.667. The zero-order chi connectivity index (χ0) is 22.1. The lowest BCUT2D eigenvalue weighted by Crippen LogP contribution is -2.51. The predicted molar refractivity (Wildman–Crippen MR) is 116 cm³/mol. The van der Waals surface area contributed by atoms with Crippen LogP contribution in [0.25, 0.3) is 0 Å². The number of piperazine rings is 1. The van der Waals surface area contributed by atoms with Crippen LogP contribution in [-0.2, 0) is 10.0 Å². The summed E-state index contributed by atoms with van der Waals surface area (Å²) in [6.45, 7) is 10.2. The van der Waals surface area contributed by atoms with Gasteiger partial charge < -0.3 is 19.1 Å². The molecule has 0 unspecified atom stereocenters. The Balaban J connectivity index is 2.18. The molecule has 0 radical (unpaired) electrons. The summed E-state index contributed by atoms with van der Waals surface area (Å²) in [5, 5.41) is 0. The van der Waals surface area contributed by atoms with Gasteiger partial charge in [0, 0.05) is 31.7 Å². The highest BCUT2D eigenvalue weighted by Gasteiger charge is 2.29. The summed E-state index contributed by atoms with van der Waals surface area (Å²) in [5.41, 5.74) is 0.438. The van der Waals surface area contributed by atoms with Crippen LogP contribution in [0.15, 0.2) is 12.1 Å². The Bertz CT molecular complexity index is 777. The quantitative estimate of drug-likeness (QED) is 0.524. The van der Waals surface area contributed by atoms with Gasteiger partial charge in [-0.05, 0) is 39.3 Å². The molecule has 0 aliphatic carbocycles. The average molecular weight is 443 g/mol. The molecule has 9 heteroatoms. The minimum absolute atomic E-state index is 0.159. The van der Waals surface area contributed by atoms with E-state index >= 15 is 0 Å². The van der Waals surface area contributed by atoms with E-state index in [-0.39, 0.29) is 11.7 Å². The van der Waals surface area contributed by atoms with Crippen molar-refractivity contribution in [2.45, 2.75) is 40.5 Å². The Morgan fingerprint density at radius 2 is 1.43 bits per heavy atom. The summed E-state index contributed by atoms with van der Waals surface area (Å²) in [6.07, 6.45) is 1.48. The molecule has 0 bridgehead atoms. The van der Waals surface area contributed by atoms with E-state index in [0.29, 0.717) is 75.2 Å². The highest BCUT2D eigenvalue weighted by atomic mass is 32.2. The SMILES string of the molecule is CCCCS(=O)(=O)N1CCN(C(=O)c2cc(OCC)c(OCC)c(OCC)c2)CC1. The van der Waals surface area contributed by atoms with E-state index in [1.54, 1.807) is 17.0 Å². The van der Waals surface area contributed by atoms with Gasteiger partial charge in [0.25, 0.3) is 5.91 Å². The molecule has 1 saturated heterocycles. The number of rotatable bonds is 11. The number of benzene rings is 1. The first-order valence-electron chi connectivity index (χ1n) is 10.7. The van der Waals surface area contributed by atoms with E-state index < -0.39 is 10.0 Å². The summed E-state index contributed by atoms with van der Waals surface area (Å²) < 4.78 is 43.4. The first-order valence-corrected chi connectivity index (χ1v) is 12.3. The number of hydrogen-bond acceptors (Lipinski definition) is 6. The van der Waals surface area contributed by atoms with E-state index in [4.69, 9.17) is 14.2 Å². The molecule has 2 rings (SSSR count). The molecule has 1 aliphatic heterocycles. The molecule has 0 spiro atoms. The fourth-order valence-electron chi connectivity index (χ4n) is 3.32. The molecule has 1 aromatic rings. The van der Waals surface area contributed by atoms with Gasteiger partial charge in [0.15, 0.2) is 11.5 Å². The molecule has 8 nitrogen and oxygen atoms in total. The number of carbonyl (C=O) groups is 1. The van der Waals surface area contributed by atoms with E-state index in [0.717, 1.165) is 6.42 Å². The lowest BCUT2D eigenvalue weighted by atomic mass is 10.1. The largest absolute Gasteiger partial charge is 0.490 e. The molecule has 1 aromatic carbocycles. The van der Waals surface area contributed by atoms with Crippen LogP contribution >= 0.6 is 0 Å². The third-order valence-corrected chi connectivity index (χ3v) is 6.79. The second-order valence-corrected chi connectivity index (χ2v) is 9.05. The molecule has 1 amide bonds. The van der Waals surface area contributed by atoms with Crippen LogP contribution in [0.2, 0.25) is 0 Å². The monoisotopic (exact) mass is 442 g/mol. The van der Waals surface area contributed by atoms with Crippen LogP contribution in [0.3, 0.4) is 0 Å². The number of hydrogen-bond donors (Lipinski definition) is 0. The van der Waals surface area contributed by atoms with Crippen molar-refractivity contribution in [1.82, 2.24) is 9.21 Å². The van der Waals surface area contributed by atoms with Crippen molar-refractivity contribution in [3.8, 4) is 17.2 Å². The zero-order valence-corrected chi connectivity index (χ0v) is 19.3. The second kappa shape index (κ2) is 11.4. The molecule has 0 atom stereocenters. The maximum Gasteiger partial charge on any atom is 0.254 e. The first-order chi connectivity index (χ1) is 14.4. The van der Waals surface area contributed by atoms with Crippen LogP contribution < -0.4 is 14.2 Å². The molecule has 1 heterocycles.